The monoisotopic (exact) mass is 462 g/mol. The summed E-state index contributed by atoms with van der Waals surface area (Å²) in [6, 6.07) is 20.3. The van der Waals surface area contributed by atoms with Gasteiger partial charge in [0.25, 0.3) is 5.91 Å². The van der Waals surface area contributed by atoms with Gasteiger partial charge in [-0.2, -0.15) is 0 Å². The highest BCUT2D eigenvalue weighted by molar-refractivity contribution is 5.98. The van der Waals surface area contributed by atoms with Crippen molar-refractivity contribution < 1.29 is 4.79 Å². The molecule has 3 heterocycles. The number of amides is 1. The van der Waals surface area contributed by atoms with Crippen LogP contribution in [0.1, 0.15) is 38.3 Å². The Labute approximate surface area is 204 Å². The molecular formula is C28H26N6O. The molecule has 5 rings (SSSR count). The van der Waals surface area contributed by atoms with E-state index < -0.39 is 0 Å². The largest absolute Gasteiger partial charge is 0.368 e. The summed E-state index contributed by atoms with van der Waals surface area (Å²) in [6.45, 7) is 2.18. The topological polar surface area (TPSA) is 97.9 Å². The van der Waals surface area contributed by atoms with Crippen molar-refractivity contribution >= 4 is 11.9 Å². The number of nitrogens with zero attached hydrogens (tertiary/aromatic N) is 3. The Kier molecular flexibility index (Phi) is 6.29. The average Bonchev–Trinajstić information content (AvgIpc) is 3.22. The van der Waals surface area contributed by atoms with Gasteiger partial charge in [0.05, 0.1) is 16.8 Å². The number of rotatable bonds is 5. The van der Waals surface area contributed by atoms with Gasteiger partial charge in [0, 0.05) is 50.6 Å². The average molecular weight is 463 g/mol. The third-order valence-corrected chi connectivity index (χ3v) is 6.07. The fourth-order valence-corrected chi connectivity index (χ4v) is 4.29. The lowest BCUT2D eigenvalue weighted by Crippen LogP contribution is -2.31. The molecule has 0 aliphatic carbocycles. The van der Waals surface area contributed by atoms with Crippen LogP contribution in [-0.2, 0) is 26.6 Å². The van der Waals surface area contributed by atoms with Crippen molar-refractivity contribution in [1.29, 1.82) is 0 Å². The zero-order valence-corrected chi connectivity index (χ0v) is 19.5. The SMILES string of the molecule is Cn1c(-c2nc(N)ncc2C#Cc2cccc(CNCc3ccccc3)c2)cc2c1CCNC2=O. The molecule has 35 heavy (non-hydrogen) atoms. The van der Waals surface area contributed by atoms with E-state index in [0.29, 0.717) is 23.4 Å². The number of benzene rings is 2. The van der Waals surface area contributed by atoms with Crippen LogP contribution in [0.15, 0.2) is 66.9 Å². The van der Waals surface area contributed by atoms with E-state index >= 15 is 0 Å². The Morgan fingerprint density at radius 1 is 1.06 bits per heavy atom. The maximum atomic E-state index is 12.3. The molecule has 2 aromatic heterocycles. The van der Waals surface area contributed by atoms with Crippen molar-refractivity contribution in [2.75, 3.05) is 12.3 Å². The summed E-state index contributed by atoms with van der Waals surface area (Å²) in [5.74, 6) is 6.56. The molecule has 1 amide bonds. The van der Waals surface area contributed by atoms with Gasteiger partial charge >= 0.3 is 0 Å². The van der Waals surface area contributed by atoms with Crippen LogP contribution in [0, 0.1) is 11.8 Å². The van der Waals surface area contributed by atoms with Gasteiger partial charge in [0.1, 0.15) is 5.69 Å². The second kappa shape index (κ2) is 9.84. The lowest BCUT2D eigenvalue weighted by molar-refractivity contribution is 0.0945. The first-order chi connectivity index (χ1) is 17.1. The molecule has 174 valence electrons. The van der Waals surface area contributed by atoms with Gasteiger partial charge in [0.2, 0.25) is 5.95 Å². The molecule has 1 aliphatic rings. The number of nitrogens with one attached hydrogen (secondary N) is 2. The van der Waals surface area contributed by atoms with Gasteiger partial charge in [-0.1, -0.05) is 54.3 Å². The summed E-state index contributed by atoms with van der Waals surface area (Å²) in [4.78, 5) is 20.9. The van der Waals surface area contributed by atoms with Gasteiger partial charge in [-0.3, -0.25) is 4.79 Å². The van der Waals surface area contributed by atoms with E-state index in [2.05, 4.69) is 56.7 Å². The maximum Gasteiger partial charge on any atom is 0.253 e. The molecule has 0 atom stereocenters. The fourth-order valence-electron chi connectivity index (χ4n) is 4.29. The predicted octanol–water partition coefficient (Wildman–Crippen LogP) is 3.04. The Morgan fingerprint density at radius 3 is 2.69 bits per heavy atom. The van der Waals surface area contributed by atoms with E-state index in [1.165, 1.54) is 5.56 Å². The van der Waals surface area contributed by atoms with Crippen LogP contribution in [0.3, 0.4) is 0 Å². The number of fused-ring (bicyclic) bond motifs is 1. The minimum atomic E-state index is -0.0690. The summed E-state index contributed by atoms with van der Waals surface area (Å²) in [5, 5.41) is 6.36. The Morgan fingerprint density at radius 2 is 1.86 bits per heavy atom. The van der Waals surface area contributed by atoms with Crippen LogP contribution < -0.4 is 16.4 Å². The van der Waals surface area contributed by atoms with Crippen LogP contribution in [0.2, 0.25) is 0 Å². The summed E-state index contributed by atoms with van der Waals surface area (Å²) >= 11 is 0. The lowest BCUT2D eigenvalue weighted by atomic mass is 10.1. The van der Waals surface area contributed by atoms with Gasteiger partial charge in [-0.05, 0) is 29.3 Å². The molecule has 0 spiro atoms. The van der Waals surface area contributed by atoms with E-state index in [4.69, 9.17) is 5.73 Å². The molecule has 0 fully saturated rings. The van der Waals surface area contributed by atoms with Gasteiger partial charge in [-0.25, -0.2) is 9.97 Å². The molecule has 1 aliphatic heterocycles. The first kappa shape index (κ1) is 22.4. The molecule has 0 saturated carbocycles. The fraction of sp³-hybridized carbons (Fsp3) is 0.179. The molecular weight excluding hydrogens is 436 g/mol. The molecule has 2 aromatic carbocycles. The highest BCUT2D eigenvalue weighted by Crippen LogP contribution is 2.28. The summed E-state index contributed by atoms with van der Waals surface area (Å²) in [5.41, 5.74) is 12.9. The third-order valence-electron chi connectivity index (χ3n) is 6.07. The molecule has 7 nitrogen and oxygen atoms in total. The Hall–Kier alpha value is -4.41. The van der Waals surface area contributed by atoms with Crippen LogP contribution in [-0.4, -0.2) is 27.0 Å². The number of carbonyl (C=O) groups is 1. The van der Waals surface area contributed by atoms with Crippen LogP contribution in [0.5, 0.6) is 0 Å². The van der Waals surface area contributed by atoms with Gasteiger partial charge in [-0.15, -0.1) is 0 Å². The molecule has 0 saturated heterocycles. The number of carbonyl (C=O) groups excluding carboxylic acids is 1. The first-order valence-electron chi connectivity index (χ1n) is 11.5. The predicted molar refractivity (Wildman–Crippen MR) is 136 cm³/mol. The zero-order valence-electron chi connectivity index (χ0n) is 19.5. The van der Waals surface area contributed by atoms with Crippen molar-refractivity contribution in [3.8, 4) is 23.2 Å². The number of aromatic nitrogens is 3. The number of nitrogens with two attached hydrogens (primary N) is 1. The summed E-state index contributed by atoms with van der Waals surface area (Å²) in [6.07, 6.45) is 2.41. The van der Waals surface area contributed by atoms with E-state index in [1.807, 2.05) is 48.0 Å². The maximum absolute atomic E-state index is 12.3. The van der Waals surface area contributed by atoms with Crippen LogP contribution in [0.25, 0.3) is 11.4 Å². The molecule has 4 aromatic rings. The van der Waals surface area contributed by atoms with E-state index in [1.54, 1.807) is 6.20 Å². The smallest absolute Gasteiger partial charge is 0.253 e. The van der Waals surface area contributed by atoms with Crippen molar-refractivity contribution in [3.63, 3.8) is 0 Å². The van der Waals surface area contributed by atoms with Crippen molar-refractivity contribution in [3.05, 3.63) is 100 Å². The molecule has 7 heteroatoms. The standard InChI is InChI=1S/C28H26N6O/c1-34-24-12-13-31-27(35)23(24)15-25(34)26-22(18-32-28(29)33-26)11-10-19-8-5-9-21(14-19)17-30-16-20-6-3-2-4-7-20/h2-9,14-15,18,30H,12-13,16-17H2,1H3,(H,31,35)(H2,29,32,33). The minimum absolute atomic E-state index is 0.0690. The Bertz CT molecular complexity index is 1450. The molecule has 0 unspecified atom stereocenters. The van der Waals surface area contributed by atoms with Crippen LogP contribution in [0.4, 0.5) is 5.95 Å². The summed E-state index contributed by atoms with van der Waals surface area (Å²) in [7, 11) is 1.94. The second-order valence-corrected chi connectivity index (χ2v) is 8.48. The molecule has 0 radical (unpaired) electrons. The molecule has 0 bridgehead atoms. The second-order valence-electron chi connectivity index (χ2n) is 8.48. The highest BCUT2D eigenvalue weighted by Gasteiger charge is 2.24. The van der Waals surface area contributed by atoms with Crippen LogP contribution >= 0.6 is 0 Å². The van der Waals surface area contributed by atoms with E-state index in [0.717, 1.165) is 42.0 Å². The normalized spacial score (nSPS) is 12.4. The Balaban J connectivity index is 1.39. The minimum Gasteiger partial charge on any atom is -0.368 e. The van der Waals surface area contributed by atoms with E-state index in [-0.39, 0.29) is 11.9 Å². The zero-order chi connectivity index (χ0) is 24.2. The lowest BCUT2D eigenvalue weighted by Gasteiger charge is -2.14. The summed E-state index contributed by atoms with van der Waals surface area (Å²) < 4.78 is 2.00. The van der Waals surface area contributed by atoms with Crippen molar-refractivity contribution in [2.45, 2.75) is 19.5 Å². The van der Waals surface area contributed by atoms with Gasteiger partial charge < -0.3 is 20.9 Å². The third kappa shape index (κ3) is 4.93. The van der Waals surface area contributed by atoms with Crippen molar-refractivity contribution in [1.82, 2.24) is 25.2 Å². The van der Waals surface area contributed by atoms with Gasteiger partial charge in [0.15, 0.2) is 0 Å². The highest BCUT2D eigenvalue weighted by atomic mass is 16.1. The molecule has 4 N–H and O–H groups in total. The number of nitrogen functional groups attached to an aromatic ring is 1. The number of hydrogen-bond acceptors (Lipinski definition) is 5. The quantitative estimate of drug-likeness (QED) is 0.396. The number of hydrogen-bond donors (Lipinski definition) is 3. The van der Waals surface area contributed by atoms with Crippen molar-refractivity contribution in [2.24, 2.45) is 7.05 Å². The number of anilines is 1. The van der Waals surface area contributed by atoms with E-state index in [9.17, 15) is 4.79 Å². The first-order valence-corrected chi connectivity index (χ1v) is 11.5.